The third-order valence-corrected chi connectivity index (χ3v) is 7.90. The lowest BCUT2D eigenvalue weighted by atomic mass is 9.89. The molecule has 10 nitrogen and oxygen atoms in total. The molecule has 0 amide bonds. The Morgan fingerprint density at radius 2 is 1.68 bits per heavy atom. The number of hydrogen-bond donors (Lipinski definition) is 1. The van der Waals surface area contributed by atoms with Crippen molar-refractivity contribution in [3.8, 4) is 39.9 Å². The Bertz CT molecular complexity index is 1530. The number of aliphatic hydroxyl groups is 1. The second-order valence-electron chi connectivity index (χ2n) is 10.8. The number of hydrogen-bond acceptors (Lipinski definition) is 10. The third kappa shape index (κ3) is 3.89. The van der Waals surface area contributed by atoms with E-state index in [4.69, 9.17) is 37.9 Å². The van der Waals surface area contributed by atoms with Crippen LogP contribution in [0.15, 0.2) is 30.3 Å². The molecule has 7 rings (SSSR count). The van der Waals surface area contributed by atoms with Crippen LogP contribution in [0.5, 0.6) is 28.7 Å². The van der Waals surface area contributed by atoms with Gasteiger partial charge in [-0.1, -0.05) is 6.07 Å². The molecule has 4 atom stereocenters. The van der Waals surface area contributed by atoms with Gasteiger partial charge in [-0.2, -0.15) is 0 Å². The fraction of sp³-hybridized carbons (Fsp3) is 0.433. The van der Waals surface area contributed by atoms with Crippen molar-refractivity contribution in [1.82, 2.24) is 0 Å². The highest BCUT2D eigenvalue weighted by atomic mass is 16.8. The van der Waals surface area contributed by atoms with E-state index in [9.17, 15) is 9.90 Å². The molecule has 1 N–H and O–H groups in total. The van der Waals surface area contributed by atoms with Crippen LogP contribution in [0.3, 0.4) is 0 Å². The molecule has 0 aromatic heterocycles. The van der Waals surface area contributed by atoms with Crippen LogP contribution in [-0.4, -0.2) is 68.9 Å². The summed E-state index contributed by atoms with van der Waals surface area (Å²) in [6, 6.07) is 9.32. The number of Topliss-reactive ketones (excluding diaryl/α,β-unsaturated/α-hetero) is 1. The Labute approximate surface area is 230 Å². The minimum atomic E-state index is -1.11. The van der Waals surface area contributed by atoms with Gasteiger partial charge in [0.25, 0.3) is 0 Å². The molecule has 210 valence electrons. The van der Waals surface area contributed by atoms with E-state index in [-0.39, 0.29) is 19.2 Å². The van der Waals surface area contributed by atoms with Crippen molar-refractivity contribution in [3.63, 3.8) is 0 Å². The maximum absolute atomic E-state index is 13.5. The normalized spacial score (nSPS) is 26.1. The van der Waals surface area contributed by atoms with Gasteiger partial charge in [0.1, 0.15) is 24.1 Å². The molecule has 3 aromatic rings. The predicted octanol–water partition coefficient (Wildman–Crippen LogP) is 4.00. The molecule has 0 bridgehead atoms. The van der Waals surface area contributed by atoms with Crippen molar-refractivity contribution in [2.45, 2.75) is 57.1 Å². The zero-order valence-electron chi connectivity index (χ0n) is 22.6. The first-order valence-corrected chi connectivity index (χ1v) is 13.3. The molecule has 2 saturated heterocycles. The maximum Gasteiger partial charge on any atom is 0.231 e. The summed E-state index contributed by atoms with van der Waals surface area (Å²) >= 11 is 0. The standard InChI is InChI=1S/C30H30O10/c1-30(2)39-23-12-35-29(26(32)28(23)40-30)38-27-15-6-7-18(31)25(15)24(14-5-8-19-22(9-14)37-13-36-19)16-10-20(33-3)21(34-4)11-17(16)27/h5,8-11,23,26,28-29,32H,6-7,12-13H2,1-4H3. The molecule has 40 heavy (non-hydrogen) atoms. The highest BCUT2D eigenvalue weighted by Crippen LogP contribution is 2.50. The average molecular weight is 551 g/mol. The topological polar surface area (TPSA) is 111 Å². The zero-order chi connectivity index (χ0) is 27.8. The highest BCUT2D eigenvalue weighted by Gasteiger charge is 2.51. The van der Waals surface area contributed by atoms with Crippen molar-refractivity contribution in [1.29, 1.82) is 0 Å². The van der Waals surface area contributed by atoms with Crippen LogP contribution >= 0.6 is 0 Å². The summed E-state index contributed by atoms with van der Waals surface area (Å²) in [5.41, 5.74) is 2.87. The summed E-state index contributed by atoms with van der Waals surface area (Å²) < 4.78 is 46.7. The first kappa shape index (κ1) is 25.4. The maximum atomic E-state index is 13.5. The van der Waals surface area contributed by atoms with Gasteiger partial charge in [0.2, 0.25) is 13.1 Å². The number of carbonyl (C=O) groups excluding carboxylic acids is 1. The van der Waals surface area contributed by atoms with E-state index < -0.39 is 30.4 Å². The van der Waals surface area contributed by atoms with Gasteiger partial charge < -0.3 is 43.0 Å². The molecule has 3 aromatic carbocycles. The number of rotatable bonds is 5. The van der Waals surface area contributed by atoms with Crippen molar-refractivity contribution >= 4 is 16.6 Å². The van der Waals surface area contributed by atoms with Gasteiger partial charge in [0.15, 0.2) is 34.6 Å². The van der Waals surface area contributed by atoms with E-state index in [0.717, 1.165) is 22.1 Å². The summed E-state index contributed by atoms with van der Waals surface area (Å²) in [4.78, 5) is 13.5. The predicted molar refractivity (Wildman–Crippen MR) is 141 cm³/mol. The van der Waals surface area contributed by atoms with Crippen LogP contribution in [-0.2, 0) is 20.6 Å². The molecule has 3 aliphatic heterocycles. The van der Waals surface area contributed by atoms with Gasteiger partial charge >= 0.3 is 0 Å². The van der Waals surface area contributed by atoms with Crippen LogP contribution in [0, 0.1) is 0 Å². The molecular weight excluding hydrogens is 520 g/mol. The van der Waals surface area contributed by atoms with E-state index in [1.54, 1.807) is 28.1 Å². The Morgan fingerprint density at radius 3 is 2.45 bits per heavy atom. The van der Waals surface area contributed by atoms with Crippen molar-refractivity contribution in [2.24, 2.45) is 0 Å². The lowest BCUT2D eigenvalue weighted by Crippen LogP contribution is -2.53. The molecule has 1 aliphatic carbocycles. The van der Waals surface area contributed by atoms with Crippen LogP contribution < -0.4 is 23.7 Å². The lowest BCUT2D eigenvalue weighted by molar-refractivity contribution is -0.218. The molecule has 3 heterocycles. The molecule has 0 radical (unpaired) electrons. The fourth-order valence-electron chi connectivity index (χ4n) is 6.18. The van der Waals surface area contributed by atoms with Crippen LogP contribution in [0.1, 0.15) is 36.2 Å². The first-order valence-electron chi connectivity index (χ1n) is 13.3. The van der Waals surface area contributed by atoms with E-state index >= 15 is 0 Å². The van der Waals surface area contributed by atoms with Gasteiger partial charge in [0, 0.05) is 28.5 Å². The lowest BCUT2D eigenvalue weighted by Gasteiger charge is -2.35. The van der Waals surface area contributed by atoms with Gasteiger partial charge in [0.05, 0.1) is 20.8 Å². The molecule has 4 aliphatic rings. The van der Waals surface area contributed by atoms with E-state index in [2.05, 4.69) is 0 Å². The van der Waals surface area contributed by atoms with E-state index in [1.807, 2.05) is 30.3 Å². The number of benzene rings is 3. The van der Waals surface area contributed by atoms with Crippen molar-refractivity contribution in [2.75, 3.05) is 27.6 Å². The van der Waals surface area contributed by atoms with Gasteiger partial charge in [-0.3, -0.25) is 4.79 Å². The van der Waals surface area contributed by atoms with Crippen LogP contribution in [0.4, 0.5) is 0 Å². The largest absolute Gasteiger partial charge is 0.493 e. The summed E-state index contributed by atoms with van der Waals surface area (Å²) in [6.07, 6.45) is -2.36. The molecule has 2 fully saturated rings. The zero-order valence-corrected chi connectivity index (χ0v) is 22.6. The Hall–Kier alpha value is -3.57. The van der Waals surface area contributed by atoms with Gasteiger partial charge in [-0.25, -0.2) is 0 Å². The van der Waals surface area contributed by atoms with E-state index in [0.29, 0.717) is 52.5 Å². The molecule has 10 heteroatoms. The number of fused-ring (bicyclic) bond motifs is 4. The van der Waals surface area contributed by atoms with E-state index in [1.165, 1.54) is 0 Å². The van der Waals surface area contributed by atoms with Crippen LogP contribution in [0.2, 0.25) is 0 Å². The SMILES string of the molecule is COc1cc2c(OC3OCC4OC(C)(C)OC4C3O)c3c(c(-c4ccc5c(c4)OCO5)c2cc1OC)C(=O)CC3. The second-order valence-corrected chi connectivity index (χ2v) is 10.8. The average Bonchev–Trinajstić information content (AvgIpc) is 3.65. The minimum Gasteiger partial charge on any atom is -0.493 e. The monoisotopic (exact) mass is 550 g/mol. The Kier molecular flexibility index (Phi) is 5.87. The molecule has 0 spiro atoms. The van der Waals surface area contributed by atoms with Crippen molar-refractivity contribution in [3.05, 3.63) is 41.5 Å². The number of ether oxygens (including phenoxy) is 8. The molecule has 0 saturated carbocycles. The molecular formula is C30H30O10. The smallest absolute Gasteiger partial charge is 0.231 e. The van der Waals surface area contributed by atoms with Gasteiger partial charge in [-0.05, 0) is 55.5 Å². The third-order valence-electron chi connectivity index (χ3n) is 7.90. The summed E-state index contributed by atoms with van der Waals surface area (Å²) in [7, 11) is 3.13. The summed E-state index contributed by atoms with van der Waals surface area (Å²) in [5, 5.41) is 12.6. The van der Waals surface area contributed by atoms with Crippen LogP contribution in [0.25, 0.3) is 21.9 Å². The Morgan fingerprint density at radius 1 is 0.925 bits per heavy atom. The fourth-order valence-corrected chi connectivity index (χ4v) is 6.18. The highest BCUT2D eigenvalue weighted by molar-refractivity contribution is 6.16. The Balaban J connectivity index is 1.41. The summed E-state index contributed by atoms with van der Waals surface area (Å²) in [6.45, 7) is 3.94. The van der Waals surface area contributed by atoms with Crippen molar-refractivity contribution < 1.29 is 47.8 Å². The first-order chi connectivity index (χ1) is 19.3. The second kappa shape index (κ2) is 9.24. The number of aliphatic hydroxyl groups excluding tert-OH is 1. The number of methoxy groups -OCH3 is 2. The van der Waals surface area contributed by atoms with Gasteiger partial charge in [-0.15, -0.1) is 0 Å². The molecule has 4 unspecified atom stereocenters. The number of carbonyl (C=O) groups is 1. The number of ketones is 1. The minimum absolute atomic E-state index is 0.00338. The summed E-state index contributed by atoms with van der Waals surface area (Å²) in [5.74, 6) is 1.89. The quantitative estimate of drug-likeness (QED) is 0.501.